The van der Waals surface area contributed by atoms with Crippen molar-refractivity contribution >= 4 is 42.4 Å². The number of hydrogen-bond acceptors (Lipinski definition) is 4. The van der Waals surface area contributed by atoms with Crippen LogP contribution in [0.15, 0.2) is 29.0 Å². The molecule has 0 atom stereocenters. The third kappa shape index (κ3) is 5.81. The van der Waals surface area contributed by atoms with E-state index in [1.54, 1.807) is 13.8 Å². The molecule has 2 rings (SSSR count). The Morgan fingerprint density at radius 3 is 2.00 bits per heavy atom. The zero-order chi connectivity index (χ0) is 22.1. The topological polar surface area (TPSA) is 57.0 Å². The Balaban J connectivity index is 2.50. The van der Waals surface area contributed by atoms with Crippen LogP contribution in [0.1, 0.15) is 25.0 Å². The van der Waals surface area contributed by atoms with Gasteiger partial charge in [0.15, 0.2) is 5.82 Å². The quantitative estimate of drug-likeness (QED) is 0.272. The van der Waals surface area contributed by atoms with Gasteiger partial charge in [0, 0.05) is 5.56 Å². The first-order valence-corrected chi connectivity index (χ1v) is 9.27. The molecule has 1 aromatic carbocycles. The van der Waals surface area contributed by atoms with E-state index in [0.29, 0.717) is 12.1 Å². The largest absolute Gasteiger partial charge is 0.459 e. The van der Waals surface area contributed by atoms with Crippen molar-refractivity contribution in [3.8, 4) is 11.4 Å². The lowest BCUT2D eigenvalue weighted by molar-refractivity contribution is -0.143. The molecule has 5 nitrogen and oxygen atoms in total. The van der Waals surface area contributed by atoms with Crippen LogP contribution in [0.3, 0.4) is 0 Å². The summed E-state index contributed by atoms with van der Waals surface area (Å²) in [5.41, 5.74) is -3.47. The number of alkyl halides is 6. The molecular weight excluding hydrogens is 540 g/mol. The number of halogens is 8. The molecule has 0 amide bonds. The molecule has 2 aromatic rings. The van der Waals surface area contributed by atoms with E-state index in [2.05, 4.69) is 41.9 Å². The van der Waals surface area contributed by atoms with E-state index >= 15 is 0 Å². The van der Waals surface area contributed by atoms with E-state index in [1.165, 1.54) is 0 Å². The Hall–Kier alpha value is -1.89. The van der Waals surface area contributed by atoms with Gasteiger partial charge in [0.05, 0.1) is 17.2 Å². The molecule has 0 bridgehead atoms. The van der Waals surface area contributed by atoms with Crippen LogP contribution in [-0.2, 0) is 21.9 Å². The highest BCUT2D eigenvalue weighted by molar-refractivity contribution is 9.16. The second kappa shape index (κ2) is 8.46. The van der Waals surface area contributed by atoms with Gasteiger partial charge in [-0.1, -0.05) is 0 Å². The molecule has 0 unspecified atom stereocenters. The molecule has 0 aliphatic carbocycles. The lowest BCUT2D eigenvalue weighted by atomic mass is 10.0. The predicted octanol–water partition coefficient (Wildman–Crippen LogP) is 5.85. The summed E-state index contributed by atoms with van der Waals surface area (Å²) in [4.78, 5) is 15.6. The summed E-state index contributed by atoms with van der Waals surface area (Å²) in [7, 11) is 0. The van der Waals surface area contributed by atoms with E-state index in [9.17, 15) is 31.1 Å². The van der Waals surface area contributed by atoms with Gasteiger partial charge in [-0.15, -0.1) is 5.10 Å². The van der Waals surface area contributed by atoms with E-state index in [-0.39, 0.29) is 15.2 Å². The molecule has 0 radical (unpaired) electrons. The summed E-state index contributed by atoms with van der Waals surface area (Å²) < 4.78 is 83.8. The normalized spacial score (nSPS) is 13.5. The lowest BCUT2D eigenvalue weighted by Crippen LogP contribution is -2.12. The fourth-order valence-electron chi connectivity index (χ4n) is 2.02. The average molecular weight is 551 g/mol. The summed E-state index contributed by atoms with van der Waals surface area (Å²) in [6.45, 7) is 3.23. The molecule has 0 aliphatic rings. The number of rotatable bonds is 4. The van der Waals surface area contributed by atoms with E-state index in [4.69, 9.17) is 4.74 Å². The van der Waals surface area contributed by atoms with Gasteiger partial charge in [0.1, 0.15) is 15.4 Å². The van der Waals surface area contributed by atoms with Crippen LogP contribution in [0.25, 0.3) is 16.0 Å². The Kier molecular flexibility index (Phi) is 6.82. The highest BCUT2D eigenvalue weighted by Gasteiger charge is 2.37. The van der Waals surface area contributed by atoms with Crippen LogP contribution in [-0.4, -0.2) is 26.8 Å². The Labute approximate surface area is 177 Å². The molecule has 29 heavy (non-hydrogen) atoms. The van der Waals surface area contributed by atoms with Crippen LogP contribution in [0.4, 0.5) is 26.3 Å². The average Bonchev–Trinajstić information content (AvgIpc) is 3.08. The van der Waals surface area contributed by atoms with Gasteiger partial charge in [-0.05, 0) is 63.9 Å². The monoisotopic (exact) mass is 549 g/mol. The number of carbonyl (C=O) groups is 1. The van der Waals surface area contributed by atoms with Crippen molar-refractivity contribution in [2.24, 2.45) is 0 Å². The maximum Gasteiger partial charge on any atom is 0.416 e. The minimum Gasteiger partial charge on any atom is -0.459 e. The van der Waals surface area contributed by atoms with Gasteiger partial charge >= 0.3 is 18.3 Å². The number of carbonyl (C=O) groups excluding carboxylic acids is 1. The molecule has 0 aliphatic heterocycles. The highest BCUT2D eigenvalue weighted by atomic mass is 79.9. The zero-order valence-corrected chi connectivity index (χ0v) is 17.7. The van der Waals surface area contributed by atoms with Gasteiger partial charge in [-0.25, -0.2) is 14.5 Å². The SMILES string of the molecule is CC(C)OC(=O)C(Br)=C(Br)n1cnc(-c2cc(C(F)(F)F)cc(C(F)(F)F)c2)n1. The zero-order valence-electron chi connectivity index (χ0n) is 14.6. The second-order valence-corrected chi connectivity index (χ2v) is 7.41. The maximum absolute atomic E-state index is 13.0. The van der Waals surface area contributed by atoms with Crippen LogP contribution in [0, 0.1) is 0 Å². The third-order valence-electron chi connectivity index (χ3n) is 3.24. The van der Waals surface area contributed by atoms with Crippen molar-refractivity contribution in [1.29, 1.82) is 0 Å². The number of esters is 1. The molecule has 13 heteroatoms. The molecule has 0 fully saturated rings. The minimum absolute atomic E-state index is 0.00875. The summed E-state index contributed by atoms with van der Waals surface area (Å²) in [6.07, 6.45) is -9.41. The number of ether oxygens (including phenoxy) is 1. The summed E-state index contributed by atoms with van der Waals surface area (Å²) in [6, 6.07) is 1.03. The summed E-state index contributed by atoms with van der Waals surface area (Å²) in [5.74, 6) is -1.17. The highest BCUT2D eigenvalue weighted by Crippen LogP contribution is 2.38. The lowest BCUT2D eigenvalue weighted by Gasteiger charge is -2.13. The van der Waals surface area contributed by atoms with Crippen molar-refractivity contribution < 1.29 is 35.9 Å². The molecule has 1 heterocycles. The molecule has 0 spiro atoms. The van der Waals surface area contributed by atoms with Crippen molar-refractivity contribution in [2.45, 2.75) is 32.3 Å². The van der Waals surface area contributed by atoms with Gasteiger partial charge in [0.25, 0.3) is 0 Å². The summed E-state index contributed by atoms with van der Waals surface area (Å²) >= 11 is 6.04. The molecule has 1 aromatic heterocycles. The Bertz CT molecular complexity index is 919. The van der Waals surface area contributed by atoms with Crippen molar-refractivity contribution in [1.82, 2.24) is 14.8 Å². The number of nitrogens with zero attached hydrogens (tertiary/aromatic N) is 3. The van der Waals surface area contributed by atoms with Crippen LogP contribution in [0.2, 0.25) is 0 Å². The fraction of sp³-hybridized carbons (Fsp3) is 0.312. The maximum atomic E-state index is 13.0. The van der Waals surface area contributed by atoms with E-state index in [1.807, 2.05) is 0 Å². The predicted molar refractivity (Wildman–Crippen MR) is 97.8 cm³/mol. The molecule has 0 N–H and O–H groups in total. The van der Waals surface area contributed by atoms with Crippen molar-refractivity contribution in [3.05, 3.63) is 40.1 Å². The van der Waals surface area contributed by atoms with Gasteiger partial charge in [0.2, 0.25) is 0 Å². The summed E-state index contributed by atoms with van der Waals surface area (Å²) in [5, 5.41) is 3.84. The van der Waals surface area contributed by atoms with Crippen molar-refractivity contribution in [2.75, 3.05) is 0 Å². The minimum atomic E-state index is -5.00. The van der Waals surface area contributed by atoms with Crippen LogP contribution < -0.4 is 0 Å². The Morgan fingerprint density at radius 1 is 1.03 bits per heavy atom. The molecule has 158 valence electrons. The number of aromatic nitrogens is 3. The number of hydrogen-bond donors (Lipinski definition) is 0. The third-order valence-corrected chi connectivity index (χ3v) is 5.23. The first kappa shape index (κ1) is 23.4. The smallest absolute Gasteiger partial charge is 0.416 e. The van der Waals surface area contributed by atoms with Crippen molar-refractivity contribution in [3.63, 3.8) is 0 Å². The first-order valence-electron chi connectivity index (χ1n) is 7.68. The molecule has 0 saturated heterocycles. The van der Waals surface area contributed by atoms with E-state index in [0.717, 1.165) is 11.0 Å². The fourth-order valence-corrected chi connectivity index (χ4v) is 2.63. The van der Waals surface area contributed by atoms with Gasteiger partial charge in [-0.3, -0.25) is 0 Å². The van der Waals surface area contributed by atoms with Crippen LogP contribution >= 0.6 is 31.9 Å². The number of benzene rings is 1. The van der Waals surface area contributed by atoms with Gasteiger partial charge < -0.3 is 4.74 Å². The first-order chi connectivity index (χ1) is 13.2. The van der Waals surface area contributed by atoms with E-state index < -0.39 is 46.9 Å². The van der Waals surface area contributed by atoms with Gasteiger partial charge in [-0.2, -0.15) is 26.3 Å². The second-order valence-electron chi connectivity index (χ2n) is 5.87. The van der Waals surface area contributed by atoms with Crippen LogP contribution in [0.5, 0.6) is 0 Å². The standard InChI is InChI=1S/C16H11Br2F6N3O2/c1-7(2)29-14(28)11(17)12(18)27-6-25-13(26-27)8-3-9(15(19,20)21)5-10(4-8)16(22,23)24/h3-7H,1-2H3. The molecular formula is C16H11Br2F6N3O2. The molecule has 0 saturated carbocycles. The Morgan fingerprint density at radius 2 is 1.55 bits per heavy atom.